The fourth-order valence-electron chi connectivity index (χ4n) is 3.61. The van der Waals surface area contributed by atoms with Gasteiger partial charge in [-0.05, 0) is 66.6 Å². The summed E-state index contributed by atoms with van der Waals surface area (Å²) in [5, 5.41) is 8.14. The molecule has 0 saturated heterocycles. The highest BCUT2D eigenvalue weighted by atomic mass is 16.5. The van der Waals surface area contributed by atoms with Crippen LogP contribution in [0.2, 0.25) is 0 Å². The number of hydrazone groups is 1. The number of para-hydroxylation sites is 1. The van der Waals surface area contributed by atoms with E-state index in [1.807, 2.05) is 56.3 Å². The molecule has 0 atom stereocenters. The van der Waals surface area contributed by atoms with Crippen LogP contribution < -0.4 is 20.2 Å². The molecule has 0 aromatic heterocycles. The smallest absolute Gasteiger partial charge is 0.343 e. The number of carbonyl (C=O) groups is 3. The number of fused-ring (bicyclic) bond motifs is 1. The molecule has 8 nitrogen and oxygen atoms in total. The van der Waals surface area contributed by atoms with Gasteiger partial charge in [0.15, 0.2) is 0 Å². The zero-order chi connectivity index (χ0) is 26.2. The number of benzene rings is 4. The molecule has 0 spiro atoms. The summed E-state index contributed by atoms with van der Waals surface area (Å²) in [4.78, 5) is 37.4. The summed E-state index contributed by atoms with van der Waals surface area (Å²) < 4.78 is 11.1. The number of hydrogen-bond acceptors (Lipinski definition) is 6. The van der Waals surface area contributed by atoms with E-state index in [1.54, 1.807) is 42.5 Å². The van der Waals surface area contributed by atoms with Crippen LogP contribution in [0.3, 0.4) is 0 Å². The third kappa shape index (κ3) is 6.18. The maximum Gasteiger partial charge on any atom is 0.343 e. The Bertz CT molecular complexity index is 1480. The molecule has 2 N–H and O–H groups in total. The van der Waals surface area contributed by atoms with Crippen LogP contribution in [0, 0.1) is 6.92 Å². The number of ether oxygens (including phenoxy) is 2. The van der Waals surface area contributed by atoms with Crippen molar-refractivity contribution in [3.05, 3.63) is 102 Å². The Kier molecular flexibility index (Phi) is 7.90. The standard InChI is InChI=1S/C29H25N3O5/c1-3-36-22-15-12-21(13-16-22)29(35)37-26-17-14-20-9-5-6-10-23(20)24(26)18-30-32-28(34)27(33)31-25-11-7-4-8-19(25)2/h4-18H,3H2,1-2H3,(H,31,33)(H,32,34)/b30-18+. The molecule has 0 saturated carbocycles. The summed E-state index contributed by atoms with van der Waals surface area (Å²) in [5.41, 5.74) is 4.40. The molecule has 0 fully saturated rings. The molecule has 4 aromatic rings. The highest BCUT2D eigenvalue weighted by molar-refractivity contribution is 6.39. The average molecular weight is 496 g/mol. The zero-order valence-electron chi connectivity index (χ0n) is 20.4. The topological polar surface area (TPSA) is 106 Å². The number of aryl methyl sites for hydroxylation is 1. The predicted molar refractivity (Wildman–Crippen MR) is 142 cm³/mol. The third-order valence-electron chi connectivity index (χ3n) is 5.49. The van der Waals surface area contributed by atoms with Crippen LogP contribution in [0.4, 0.5) is 5.69 Å². The number of nitrogens with zero attached hydrogens (tertiary/aromatic N) is 1. The van der Waals surface area contributed by atoms with E-state index >= 15 is 0 Å². The van der Waals surface area contributed by atoms with Crippen LogP contribution in [0.25, 0.3) is 10.8 Å². The molecule has 186 valence electrons. The van der Waals surface area contributed by atoms with Crippen molar-refractivity contribution < 1.29 is 23.9 Å². The van der Waals surface area contributed by atoms with Crippen LogP contribution in [0.1, 0.15) is 28.4 Å². The van der Waals surface area contributed by atoms with E-state index < -0.39 is 17.8 Å². The maximum absolute atomic E-state index is 12.8. The van der Waals surface area contributed by atoms with Crippen LogP contribution >= 0.6 is 0 Å². The van der Waals surface area contributed by atoms with Crippen molar-refractivity contribution in [1.29, 1.82) is 0 Å². The van der Waals surface area contributed by atoms with E-state index in [0.29, 0.717) is 29.2 Å². The highest BCUT2D eigenvalue weighted by Crippen LogP contribution is 2.27. The minimum absolute atomic E-state index is 0.250. The van der Waals surface area contributed by atoms with Crippen molar-refractivity contribution in [3.8, 4) is 11.5 Å². The fraction of sp³-hybridized carbons (Fsp3) is 0.103. The lowest BCUT2D eigenvalue weighted by Gasteiger charge is -2.11. The molecule has 8 heteroatoms. The summed E-state index contributed by atoms with van der Waals surface area (Å²) in [6.07, 6.45) is 1.35. The highest BCUT2D eigenvalue weighted by Gasteiger charge is 2.16. The van der Waals surface area contributed by atoms with Gasteiger partial charge in [-0.15, -0.1) is 0 Å². The second-order valence-electron chi connectivity index (χ2n) is 8.01. The summed E-state index contributed by atoms with van der Waals surface area (Å²) in [6.45, 7) is 4.22. The number of anilines is 1. The number of esters is 1. The largest absolute Gasteiger partial charge is 0.494 e. The quantitative estimate of drug-likeness (QED) is 0.125. The Hall–Kier alpha value is -4.98. The van der Waals surface area contributed by atoms with Gasteiger partial charge in [0.2, 0.25) is 0 Å². The van der Waals surface area contributed by atoms with Crippen molar-refractivity contribution in [1.82, 2.24) is 5.43 Å². The molecular weight excluding hydrogens is 470 g/mol. The first-order valence-electron chi connectivity index (χ1n) is 11.6. The Morgan fingerprint density at radius 3 is 2.35 bits per heavy atom. The zero-order valence-corrected chi connectivity index (χ0v) is 20.4. The van der Waals surface area contributed by atoms with E-state index in [1.165, 1.54) is 6.21 Å². The number of rotatable bonds is 7. The van der Waals surface area contributed by atoms with Gasteiger partial charge in [-0.3, -0.25) is 9.59 Å². The third-order valence-corrected chi connectivity index (χ3v) is 5.49. The minimum Gasteiger partial charge on any atom is -0.494 e. The van der Waals surface area contributed by atoms with Crippen LogP contribution in [0.15, 0.2) is 90.0 Å². The van der Waals surface area contributed by atoms with Gasteiger partial charge in [0, 0.05) is 11.3 Å². The van der Waals surface area contributed by atoms with Gasteiger partial charge in [-0.2, -0.15) is 5.10 Å². The van der Waals surface area contributed by atoms with Crippen molar-refractivity contribution in [2.24, 2.45) is 5.10 Å². The van der Waals surface area contributed by atoms with Gasteiger partial charge in [0.25, 0.3) is 0 Å². The molecule has 4 rings (SSSR count). The number of carbonyl (C=O) groups excluding carboxylic acids is 3. The summed E-state index contributed by atoms with van der Waals surface area (Å²) >= 11 is 0. The maximum atomic E-state index is 12.8. The van der Waals surface area contributed by atoms with Crippen molar-refractivity contribution in [2.75, 3.05) is 11.9 Å². The second-order valence-corrected chi connectivity index (χ2v) is 8.01. The van der Waals surface area contributed by atoms with Crippen molar-refractivity contribution >= 4 is 40.5 Å². The minimum atomic E-state index is -0.937. The van der Waals surface area contributed by atoms with E-state index in [4.69, 9.17) is 9.47 Å². The summed E-state index contributed by atoms with van der Waals surface area (Å²) in [5.74, 6) is -1.45. The van der Waals surface area contributed by atoms with E-state index in [0.717, 1.165) is 16.3 Å². The molecule has 0 unspecified atom stereocenters. The van der Waals surface area contributed by atoms with E-state index in [9.17, 15) is 14.4 Å². The Balaban J connectivity index is 1.53. The van der Waals surface area contributed by atoms with Crippen molar-refractivity contribution in [2.45, 2.75) is 13.8 Å². The van der Waals surface area contributed by atoms with Gasteiger partial charge in [0.1, 0.15) is 11.5 Å². The van der Waals surface area contributed by atoms with Gasteiger partial charge in [0.05, 0.1) is 18.4 Å². The second kappa shape index (κ2) is 11.6. The monoisotopic (exact) mass is 495 g/mol. The average Bonchev–Trinajstić information content (AvgIpc) is 2.91. The fourth-order valence-corrected chi connectivity index (χ4v) is 3.61. The van der Waals surface area contributed by atoms with Crippen molar-refractivity contribution in [3.63, 3.8) is 0 Å². The molecule has 0 radical (unpaired) electrons. The van der Waals surface area contributed by atoms with Gasteiger partial charge in [-0.1, -0.05) is 48.5 Å². The van der Waals surface area contributed by atoms with Crippen LogP contribution in [-0.2, 0) is 9.59 Å². The lowest BCUT2D eigenvalue weighted by atomic mass is 10.0. The SMILES string of the molecule is CCOc1ccc(C(=O)Oc2ccc3ccccc3c2/C=N/NC(=O)C(=O)Nc2ccccc2C)cc1. The molecule has 0 heterocycles. The predicted octanol–water partition coefficient (Wildman–Crippen LogP) is 4.85. The normalized spacial score (nSPS) is 10.8. The first kappa shape index (κ1) is 25.1. The Labute approximate surface area is 213 Å². The number of nitrogens with one attached hydrogen (secondary N) is 2. The number of hydrogen-bond donors (Lipinski definition) is 2. The Morgan fingerprint density at radius 2 is 1.59 bits per heavy atom. The molecule has 0 aliphatic heterocycles. The summed E-state index contributed by atoms with van der Waals surface area (Å²) in [7, 11) is 0. The molecule has 4 aromatic carbocycles. The first-order chi connectivity index (χ1) is 18.0. The first-order valence-corrected chi connectivity index (χ1v) is 11.6. The molecule has 0 bridgehead atoms. The molecule has 2 amide bonds. The van der Waals surface area contributed by atoms with Gasteiger partial charge >= 0.3 is 17.8 Å². The van der Waals surface area contributed by atoms with E-state index in [2.05, 4.69) is 15.8 Å². The van der Waals surface area contributed by atoms with Gasteiger partial charge in [-0.25, -0.2) is 10.2 Å². The molecule has 37 heavy (non-hydrogen) atoms. The molecular formula is C29H25N3O5. The van der Waals surface area contributed by atoms with Crippen LogP contribution in [0.5, 0.6) is 11.5 Å². The molecule has 0 aliphatic carbocycles. The van der Waals surface area contributed by atoms with Crippen LogP contribution in [-0.4, -0.2) is 30.6 Å². The van der Waals surface area contributed by atoms with E-state index in [-0.39, 0.29) is 5.75 Å². The molecule has 0 aliphatic rings. The lowest BCUT2D eigenvalue weighted by Crippen LogP contribution is -2.32. The number of amides is 2. The summed E-state index contributed by atoms with van der Waals surface area (Å²) in [6, 6.07) is 24.7. The lowest BCUT2D eigenvalue weighted by molar-refractivity contribution is -0.136. The van der Waals surface area contributed by atoms with Gasteiger partial charge < -0.3 is 14.8 Å². The Morgan fingerprint density at radius 1 is 0.865 bits per heavy atom.